The van der Waals surface area contributed by atoms with Crippen LogP contribution in [0.3, 0.4) is 0 Å². The Kier molecular flexibility index (Phi) is 4.78. The number of alkyl halides is 3. The van der Waals surface area contributed by atoms with Crippen molar-refractivity contribution in [1.29, 1.82) is 5.26 Å². The Balaban J connectivity index is 2.09. The summed E-state index contributed by atoms with van der Waals surface area (Å²) in [4.78, 5) is -0.182. The van der Waals surface area contributed by atoms with E-state index < -0.39 is 27.8 Å². The molecule has 0 N–H and O–H groups in total. The van der Waals surface area contributed by atoms with Crippen LogP contribution in [0, 0.1) is 11.3 Å². The van der Waals surface area contributed by atoms with E-state index >= 15 is 0 Å². The number of rotatable bonds is 3. The molecular formula is C18H15F3N2O2S. The highest BCUT2D eigenvalue weighted by atomic mass is 32.2. The van der Waals surface area contributed by atoms with E-state index in [1.807, 2.05) is 6.07 Å². The lowest BCUT2D eigenvalue weighted by atomic mass is 9.99. The molecule has 2 aromatic carbocycles. The van der Waals surface area contributed by atoms with Crippen molar-refractivity contribution in [3.63, 3.8) is 0 Å². The largest absolute Gasteiger partial charge is 0.416 e. The zero-order valence-corrected chi connectivity index (χ0v) is 14.4. The molecule has 0 aliphatic carbocycles. The van der Waals surface area contributed by atoms with Crippen molar-refractivity contribution in [2.24, 2.45) is 0 Å². The monoisotopic (exact) mass is 380 g/mol. The summed E-state index contributed by atoms with van der Waals surface area (Å²) in [5.41, 5.74) is -0.918. The van der Waals surface area contributed by atoms with Gasteiger partial charge >= 0.3 is 6.18 Å². The molecule has 0 spiro atoms. The zero-order chi connectivity index (χ0) is 18.9. The molecule has 1 unspecified atom stereocenters. The lowest BCUT2D eigenvalue weighted by Crippen LogP contribution is -2.32. The van der Waals surface area contributed by atoms with Crippen LogP contribution in [0.4, 0.5) is 13.2 Å². The molecule has 1 heterocycles. The number of halogens is 3. The molecule has 26 heavy (non-hydrogen) atoms. The lowest BCUT2D eigenvalue weighted by molar-refractivity contribution is -0.138. The van der Waals surface area contributed by atoms with Crippen molar-refractivity contribution in [3.8, 4) is 6.07 Å². The van der Waals surface area contributed by atoms with Crippen LogP contribution >= 0.6 is 0 Å². The third-order valence-corrected chi connectivity index (χ3v) is 6.39. The molecule has 0 bridgehead atoms. The molecule has 2 aromatic rings. The van der Waals surface area contributed by atoms with Crippen LogP contribution in [0.5, 0.6) is 0 Å². The summed E-state index contributed by atoms with van der Waals surface area (Å²) in [6, 6.07) is 11.7. The Hall–Kier alpha value is -2.37. The van der Waals surface area contributed by atoms with Gasteiger partial charge in [-0.25, -0.2) is 8.42 Å². The van der Waals surface area contributed by atoms with Gasteiger partial charge in [0.15, 0.2) is 0 Å². The maximum absolute atomic E-state index is 13.4. The van der Waals surface area contributed by atoms with Gasteiger partial charge in [0.25, 0.3) is 0 Å². The summed E-state index contributed by atoms with van der Waals surface area (Å²) in [6.45, 7) is 0.110. The molecule has 4 nitrogen and oxygen atoms in total. The lowest BCUT2D eigenvalue weighted by Gasteiger charge is -2.27. The Morgan fingerprint density at radius 3 is 2.42 bits per heavy atom. The predicted molar refractivity (Wildman–Crippen MR) is 88.5 cm³/mol. The third-order valence-electron chi connectivity index (χ3n) is 4.42. The summed E-state index contributed by atoms with van der Waals surface area (Å²) < 4.78 is 67.3. The number of nitriles is 1. The molecule has 1 aliphatic rings. The fourth-order valence-electron chi connectivity index (χ4n) is 3.29. The second-order valence-electron chi connectivity index (χ2n) is 5.97. The maximum atomic E-state index is 13.4. The topological polar surface area (TPSA) is 61.2 Å². The molecule has 0 aromatic heterocycles. The van der Waals surface area contributed by atoms with Crippen molar-refractivity contribution in [3.05, 3.63) is 65.2 Å². The fraction of sp³-hybridized carbons (Fsp3) is 0.278. The number of hydrogen-bond donors (Lipinski definition) is 0. The van der Waals surface area contributed by atoms with E-state index in [1.165, 1.54) is 42.5 Å². The molecule has 0 saturated carbocycles. The van der Waals surface area contributed by atoms with Gasteiger partial charge in [0.2, 0.25) is 10.0 Å². The van der Waals surface area contributed by atoms with E-state index in [9.17, 15) is 26.9 Å². The second-order valence-corrected chi connectivity index (χ2v) is 7.83. The van der Waals surface area contributed by atoms with Gasteiger partial charge in [-0.05, 0) is 36.6 Å². The van der Waals surface area contributed by atoms with Crippen molar-refractivity contribution in [2.45, 2.75) is 30.0 Å². The molecular weight excluding hydrogens is 365 g/mol. The average Bonchev–Trinajstić information content (AvgIpc) is 3.11. The Morgan fingerprint density at radius 2 is 1.73 bits per heavy atom. The fourth-order valence-corrected chi connectivity index (χ4v) is 5.11. The molecule has 1 atom stereocenters. The predicted octanol–water partition coefficient (Wildman–Crippen LogP) is 4.10. The van der Waals surface area contributed by atoms with E-state index in [0.717, 1.165) is 10.4 Å². The first-order valence-electron chi connectivity index (χ1n) is 7.94. The number of hydrogen-bond acceptors (Lipinski definition) is 3. The molecule has 3 rings (SSSR count). The van der Waals surface area contributed by atoms with Crippen LogP contribution in [-0.4, -0.2) is 19.3 Å². The van der Waals surface area contributed by atoms with Gasteiger partial charge in [-0.15, -0.1) is 0 Å². The van der Waals surface area contributed by atoms with Crippen molar-refractivity contribution in [2.75, 3.05) is 6.54 Å². The number of benzene rings is 2. The van der Waals surface area contributed by atoms with Gasteiger partial charge in [0.05, 0.1) is 22.1 Å². The third kappa shape index (κ3) is 3.20. The molecule has 1 saturated heterocycles. The van der Waals surface area contributed by atoms with Crippen LogP contribution in [0.25, 0.3) is 0 Å². The first kappa shape index (κ1) is 18.4. The van der Waals surface area contributed by atoms with Gasteiger partial charge in [-0.1, -0.05) is 30.3 Å². The van der Waals surface area contributed by atoms with E-state index in [4.69, 9.17) is 0 Å². The maximum Gasteiger partial charge on any atom is 0.416 e. The second kappa shape index (κ2) is 6.74. The first-order chi connectivity index (χ1) is 12.3. The minimum absolute atomic E-state index is 0.0257. The van der Waals surface area contributed by atoms with Crippen LogP contribution in [0.15, 0.2) is 53.4 Å². The highest BCUT2D eigenvalue weighted by Crippen LogP contribution is 2.42. The van der Waals surface area contributed by atoms with Gasteiger partial charge < -0.3 is 0 Å². The highest BCUT2D eigenvalue weighted by molar-refractivity contribution is 7.89. The van der Waals surface area contributed by atoms with Crippen LogP contribution in [0.1, 0.15) is 35.6 Å². The van der Waals surface area contributed by atoms with Crippen molar-refractivity contribution in [1.82, 2.24) is 4.31 Å². The van der Waals surface area contributed by atoms with Gasteiger partial charge in [0.1, 0.15) is 6.07 Å². The SMILES string of the molecule is N#Cc1ccccc1S(=O)(=O)N1CCCC1c1ccccc1C(F)(F)F. The summed E-state index contributed by atoms with van der Waals surface area (Å²) in [7, 11) is -4.10. The highest BCUT2D eigenvalue weighted by Gasteiger charge is 2.42. The molecule has 0 amide bonds. The Bertz CT molecular complexity index is 965. The molecule has 136 valence electrons. The summed E-state index contributed by atoms with van der Waals surface area (Å²) in [5.74, 6) is 0. The standard InChI is InChI=1S/C18H15F3N2O2S/c19-18(20,21)15-8-3-2-7-14(15)16-9-5-11-23(16)26(24,25)17-10-4-1-6-13(17)12-22/h1-4,6-8,10,16H,5,9,11H2. The van der Waals surface area contributed by atoms with Gasteiger partial charge in [0, 0.05) is 6.54 Å². The minimum atomic E-state index is -4.57. The molecule has 1 fully saturated rings. The van der Waals surface area contributed by atoms with Crippen LogP contribution in [-0.2, 0) is 16.2 Å². The van der Waals surface area contributed by atoms with Crippen LogP contribution < -0.4 is 0 Å². The summed E-state index contributed by atoms with van der Waals surface area (Å²) in [6.07, 6.45) is -3.83. The van der Waals surface area contributed by atoms with Crippen LogP contribution in [0.2, 0.25) is 0 Å². The minimum Gasteiger partial charge on any atom is -0.207 e. The smallest absolute Gasteiger partial charge is 0.207 e. The number of sulfonamides is 1. The van der Waals surface area contributed by atoms with Gasteiger partial charge in [-0.2, -0.15) is 22.7 Å². The summed E-state index contributed by atoms with van der Waals surface area (Å²) in [5, 5.41) is 9.18. The number of nitrogens with zero attached hydrogens (tertiary/aromatic N) is 2. The van der Waals surface area contributed by atoms with Crippen molar-refractivity contribution >= 4 is 10.0 Å². The van der Waals surface area contributed by atoms with Crippen molar-refractivity contribution < 1.29 is 21.6 Å². The normalized spacial score (nSPS) is 18.6. The molecule has 1 aliphatic heterocycles. The Morgan fingerprint density at radius 1 is 1.08 bits per heavy atom. The molecule has 8 heteroatoms. The Labute approximate surface area is 149 Å². The zero-order valence-electron chi connectivity index (χ0n) is 13.6. The first-order valence-corrected chi connectivity index (χ1v) is 9.38. The van der Waals surface area contributed by atoms with E-state index in [1.54, 1.807) is 0 Å². The average molecular weight is 380 g/mol. The summed E-state index contributed by atoms with van der Waals surface area (Å²) >= 11 is 0. The quantitative estimate of drug-likeness (QED) is 0.805. The molecule has 0 radical (unpaired) electrons. The van der Waals surface area contributed by atoms with E-state index in [-0.39, 0.29) is 22.6 Å². The van der Waals surface area contributed by atoms with Gasteiger partial charge in [-0.3, -0.25) is 0 Å². The van der Waals surface area contributed by atoms with E-state index in [2.05, 4.69) is 0 Å². The van der Waals surface area contributed by atoms with E-state index in [0.29, 0.717) is 12.8 Å².